The predicted octanol–water partition coefficient (Wildman–Crippen LogP) is 4.86. The summed E-state index contributed by atoms with van der Waals surface area (Å²) in [5, 5.41) is 10.4. The van der Waals surface area contributed by atoms with Gasteiger partial charge in [0.25, 0.3) is 0 Å². The number of thiophene rings is 1. The summed E-state index contributed by atoms with van der Waals surface area (Å²) in [4.78, 5) is 11.2. The van der Waals surface area contributed by atoms with Gasteiger partial charge in [0.15, 0.2) is 17.4 Å². The van der Waals surface area contributed by atoms with Gasteiger partial charge in [-0.3, -0.25) is 4.79 Å². The Labute approximate surface area is 154 Å². The summed E-state index contributed by atoms with van der Waals surface area (Å²) in [5.74, 6) is -2.38. The smallest absolute Gasteiger partial charge is 0.303 e. The lowest BCUT2D eigenvalue weighted by atomic mass is 10.1. The van der Waals surface area contributed by atoms with Gasteiger partial charge in [-0.05, 0) is 59.9 Å². The molecule has 140 valence electrons. The second-order valence-corrected chi connectivity index (χ2v) is 7.26. The molecule has 1 saturated carbocycles. The minimum atomic E-state index is -0.973. The van der Waals surface area contributed by atoms with Gasteiger partial charge in [0.2, 0.25) is 0 Å². The molecule has 0 unspecified atom stereocenters. The molecule has 4 nitrogen and oxygen atoms in total. The number of aliphatic carboxylic acids is 1. The minimum absolute atomic E-state index is 0.0568. The van der Waals surface area contributed by atoms with Crippen molar-refractivity contribution in [3.8, 4) is 16.2 Å². The average molecular weight is 382 g/mol. The van der Waals surface area contributed by atoms with Gasteiger partial charge in [0.05, 0.1) is 13.2 Å². The fourth-order valence-corrected chi connectivity index (χ4v) is 3.45. The maximum atomic E-state index is 14.3. The van der Waals surface area contributed by atoms with Gasteiger partial charge in [-0.2, -0.15) is 0 Å². The van der Waals surface area contributed by atoms with Crippen LogP contribution in [0.3, 0.4) is 0 Å². The first-order chi connectivity index (χ1) is 12.5. The lowest BCUT2D eigenvalue weighted by molar-refractivity contribution is -0.137. The van der Waals surface area contributed by atoms with Gasteiger partial charge < -0.3 is 14.6 Å². The SMILES string of the molecule is O=C(O)CCCOc1c(F)cc(-c2sccc2COCC2CC2)cc1F. The largest absolute Gasteiger partial charge is 0.488 e. The Bertz CT molecular complexity index is 748. The van der Waals surface area contributed by atoms with E-state index in [9.17, 15) is 13.6 Å². The van der Waals surface area contributed by atoms with Gasteiger partial charge in [0.1, 0.15) is 0 Å². The van der Waals surface area contributed by atoms with Crippen LogP contribution in [-0.2, 0) is 16.1 Å². The molecule has 2 aromatic rings. The molecule has 26 heavy (non-hydrogen) atoms. The number of hydrogen-bond acceptors (Lipinski definition) is 4. The number of carboxylic acid groups (broad SMARTS) is 1. The van der Waals surface area contributed by atoms with Crippen LogP contribution < -0.4 is 4.74 Å². The second kappa shape index (κ2) is 8.60. The number of hydrogen-bond donors (Lipinski definition) is 1. The van der Waals surface area contributed by atoms with Gasteiger partial charge in [-0.25, -0.2) is 8.78 Å². The lowest BCUT2D eigenvalue weighted by Gasteiger charge is -2.10. The van der Waals surface area contributed by atoms with Crippen molar-refractivity contribution in [2.75, 3.05) is 13.2 Å². The molecule has 0 atom stereocenters. The van der Waals surface area contributed by atoms with Crippen LogP contribution in [0.15, 0.2) is 23.6 Å². The van der Waals surface area contributed by atoms with Gasteiger partial charge in [-0.15, -0.1) is 11.3 Å². The van der Waals surface area contributed by atoms with Crippen LogP contribution in [0.1, 0.15) is 31.2 Å². The quantitative estimate of drug-likeness (QED) is 0.596. The zero-order chi connectivity index (χ0) is 18.5. The third kappa shape index (κ3) is 5.02. The molecule has 0 radical (unpaired) electrons. The molecule has 1 aliphatic carbocycles. The van der Waals surface area contributed by atoms with E-state index in [1.807, 2.05) is 11.4 Å². The van der Waals surface area contributed by atoms with Crippen molar-refractivity contribution >= 4 is 17.3 Å². The fourth-order valence-electron chi connectivity index (χ4n) is 2.55. The summed E-state index contributed by atoms with van der Waals surface area (Å²) in [6.45, 7) is 1.09. The molecule has 0 spiro atoms. The first-order valence-corrected chi connectivity index (χ1v) is 9.40. The van der Waals surface area contributed by atoms with Crippen molar-refractivity contribution in [3.63, 3.8) is 0 Å². The normalized spacial score (nSPS) is 13.8. The zero-order valence-electron chi connectivity index (χ0n) is 14.2. The van der Waals surface area contributed by atoms with Crippen molar-refractivity contribution in [1.82, 2.24) is 0 Å². The van der Waals surface area contributed by atoms with Crippen molar-refractivity contribution in [2.45, 2.75) is 32.3 Å². The van der Waals surface area contributed by atoms with Crippen LogP contribution in [0, 0.1) is 17.6 Å². The Hall–Kier alpha value is -1.99. The topological polar surface area (TPSA) is 55.8 Å². The van der Waals surface area contributed by atoms with E-state index >= 15 is 0 Å². The van der Waals surface area contributed by atoms with Crippen LogP contribution in [0.2, 0.25) is 0 Å². The van der Waals surface area contributed by atoms with Crippen molar-refractivity contribution < 1.29 is 28.2 Å². The Morgan fingerprint density at radius 3 is 2.65 bits per heavy atom. The Morgan fingerprint density at radius 1 is 1.27 bits per heavy atom. The summed E-state index contributed by atoms with van der Waals surface area (Å²) >= 11 is 1.41. The van der Waals surface area contributed by atoms with Crippen LogP contribution in [-0.4, -0.2) is 24.3 Å². The van der Waals surface area contributed by atoms with Crippen molar-refractivity contribution in [1.29, 1.82) is 0 Å². The summed E-state index contributed by atoms with van der Waals surface area (Å²) in [5.41, 5.74) is 1.35. The van der Waals surface area contributed by atoms with Gasteiger partial charge in [0, 0.05) is 17.9 Å². The van der Waals surface area contributed by atoms with E-state index in [0.29, 0.717) is 18.1 Å². The highest BCUT2D eigenvalue weighted by Crippen LogP contribution is 2.35. The molecule has 1 N–H and O–H groups in total. The number of rotatable bonds is 10. The van der Waals surface area contributed by atoms with E-state index in [0.717, 1.165) is 17.0 Å². The molecule has 1 fully saturated rings. The fraction of sp³-hybridized carbons (Fsp3) is 0.421. The third-order valence-corrected chi connectivity index (χ3v) is 5.10. The Morgan fingerprint density at radius 2 is 2.00 bits per heavy atom. The highest BCUT2D eigenvalue weighted by molar-refractivity contribution is 7.13. The molecule has 1 aromatic carbocycles. The highest BCUT2D eigenvalue weighted by Gasteiger charge is 2.22. The van der Waals surface area contributed by atoms with Gasteiger partial charge in [-0.1, -0.05) is 0 Å². The molecule has 0 aliphatic heterocycles. The third-order valence-electron chi connectivity index (χ3n) is 4.10. The maximum Gasteiger partial charge on any atom is 0.303 e. The van der Waals surface area contributed by atoms with Crippen LogP contribution >= 0.6 is 11.3 Å². The average Bonchev–Trinajstić information content (AvgIpc) is 3.29. The molecular formula is C19H20F2O4S. The number of carbonyl (C=O) groups is 1. The summed E-state index contributed by atoms with van der Waals surface area (Å²) in [6, 6.07) is 4.39. The van der Waals surface area contributed by atoms with Gasteiger partial charge >= 0.3 is 5.97 Å². The molecule has 1 heterocycles. The van der Waals surface area contributed by atoms with E-state index in [-0.39, 0.29) is 19.4 Å². The van der Waals surface area contributed by atoms with Crippen LogP contribution in [0.4, 0.5) is 8.78 Å². The maximum absolute atomic E-state index is 14.3. The standard InChI is InChI=1S/C19H20F2O4S/c20-15-8-14(9-16(21)18(15)25-6-1-2-17(22)23)19-13(5-7-26-19)11-24-10-12-3-4-12/h5,7-9,12H,1-4,6,10-11H2,(H,22,23). The number of halogens is 2. The molecule has 0 amide bonds. The molecule has 1 aliphatic rings. The highest BCUT2D eigenvalue weighted by atomic mass is 32.1. The summed E-state index contributed by atoms with van der Waals surface area (Å²) in [7, 11) is 0. The van der Waals surface area contributed by atoms with E-state index in [1.165, 1.54) is 36.3 Å². The molecule has 1 aromatic heterocycles. The Kier molecular flexibility index (Phi) is 6.21. The van der Waals surface area contributed by atoms with E-state index in [4.69, 9.17) is 14.6 Å². The molecule has 0 saturated heterocycles. The van der Waals surface area contributed by atoms with E-state index < -0.39 is 23.4 Å². The molecule has 3 rings (SSSR count). The lowest BCUT2D eigenvalue weighted by Crippen LogP contribution is -2.05. The second-order valence-electron chi connectivity index (χ2n) is 6.35. The first kappa shape index (κ1) is 18.8. The van der Waals surface area contributed by atoms with Crippen LogP contribution in [0.25, 0.3) is 10.4 Å². The van der Waals surface area contributed by atoms with Crippen molar-refractivity contribution in [3.05, 3.63) is 40.8 Å². The summed E-state index contributed by atoms with van der Waals surface area (Å²) < 4.78 is 39.3. The minimum Gasteiger partial charge on any atom is -0.488 e. The Balaban J connectivity index is 1.67. The number of carboxylic acids is 1. The molecular weight excluding hydrogens is 362 g/mol. The molecule has 7 heteroatoms. The van der Waals surface area contributed by atoms with E-state index in [1.54, 1.807) is 0 Å². The van der Waals surface area contributed by atoms with Crippen LogP contribution in [0.5, 0.6) is 5.75 Å². The number of ether oxygens (including phenoxy) is 2. The molecule has 0 bridgehead atoms. The summed E-state index contributed by atoms with van der Waals surface area (Å²) in [6.07, 6.45) is 2.49. The van der Waals surface area contributed by atoms with Crippen molar-refractivity contribution in [2.24, 2.45) is 5.92 Å². The predicted molar refractivity (Wildman–Crippen MR) is 94.4 cm³/mol. The monoisotopic (exact) mass is 382 g/mol. The zero-order valence-corrected chi connectivity index (χ0v) is 15.0. The van der Waals surface area contributed by atoms with E-state index in [2.05, 4.69) is 0 Å². The first-order valence-electron chi connectivity index (χ1n) is 8.52. The number of benzene rings is 1.